The van der Waals surface area contributed by atoms with Crippen molar-refractivity contribution < 1.29 is 9.72 Å². The van der Waals surface area contributed by atoms with Crippen molar-refractivity contribution in [3.8, 4) is 0 Å². The van der Waals surface area contributed by atoms with E-state index in [9.17, 15) is 14.9 Å². The quantitative estimate of drug-likeness (QED) is 0.620. The molecule has 2 aromatic carbocycles. The van der Waals surface area contributed by atoms with Crippen LogP contribution < -0.4 is 0 Å². The van der Waals surface area contributed by atoms with Gasteiger partial charge in [-0.15, -0.1) is 0 Å². The second-order valence-electron chi connectivity index (χ2n) is 4.68. The van der Waals surface area contributed by atoms with E-state index in [0.29, 0.717) is 11.6 Å². The predicted molar refractivity (Wildman–Crippen MR) is 85.4 cm³/mol. The molecule has 0 bridgehead atoms. The summed E-state index contributed by atoms with van der Waals surface area (Å²) in [5, 5.41) is 11.4. The van der Waals surface area contributed by atoms with Crippen molar-refractivity contribution in [2.45, 2.75) is 6.54 Å². The molecule has 5 nitrogen and oxygen atoms in total. The van der Waals surface area contributed by atoms with Gasteiger partial charge in [-0.3, -0.25) is 14.9 Å². The number of benzene rings is 2. The van der Waals surface area contributed by atoms with Gasteiger partial charge in [0.25, 0.3) is 11.6 Å². The Morgan fingerprint density at radius 2 is 1.86 bits per heavy atom. The van der Waals surface area contributed by atoms with Gasteiger partial charge in [-0.1, -0.05) is 41.4 Å². The van der Waals surface area contributed by atoms with Crippen molar-refractivity contribution in [3.05, 3.63) is 73.8 Å². The molecular weight excluding hydrogens is 327 g/mol. The summed E-state index contributed by atoms with van der Waals surface area (Å²) in [5.41, 5.74) is 0.702. The molecule has 0 heterocycles. The van der Waals surface area contributed by atoms with Gasteiger partial charge in [0, 0.05) is 30.2 Å². The van der Waals surface area contributed by atoms with Crippen LogP contribution in [0.15, 0.2) is 42.5 Å². The fourth-order valence-electron chi connectivity index (χ4n) is 1.96. The molecule has 0 unspecified atom stereocenters. The summed E-state index contributed by atoms with van der Waals surface area (Å²) < 4.78 is 0. The van der Waals surface area contributed by atoms with Gasteiger partial charge in [0.2, 0.25) is 0 Å². The third-order valence-electron chi connectivity index (χ3n) is 3.10. The van der Waals surface area contributed by atoms with E-state index in [0.717, 1.165) is 5.56 Å². The van der Waals surface area contributed by atoms with Gasteiger partial charge in [-0.25, -0.2) is 0 Å². The Bertz CT molecular complexity index is 734. The average molecular weight is 339 g/mol. The molecule has 0 fully saturated rings. The lowest BCUT2D eigenvalue weighted by Crippen LogP contribution is -2.26. The highest BCUT2D eigenvalue weighted by Gasteiger charge is 2.19. The van der Waals surface area contributed by atoms with Crippen molar-refractivity contribution >= 4 is 34.8 Å². The average Bonchev–Trinajstić information content (AvgIpc) is 2.49. The molecular formula is C15H12Cl2N2O3. The van der Waals surface area contributed by atoms with Crippen LogP contribution in [0.3, 0.4) is 0 Å². The summed E-state index contributed by atoms with van der Waals surface area (Å²) in [6, 6.07) is 11.2. The lowest BCUT2D eigenvalue weighted by Gasteiger charge is -2.18. The molecule has 114 valence electrons. The van der Waals surface area contributed by atoms with Gasteiger partial charge in [-0.05, 0) is 23.8 Å². The fraction of sp³-hybridized carbons (Fsp3) is 0.133. The molecule has 0 N–H and O–H groups in total. The number of amides is 1. The van der Waals surface area contributed by atoms with E-state index in [1.807, 2.05) is 12.1 Å². The number of carbonyl (C=O) groups excluding carboxylic acids is 1. The third kappa shape index (κ3) is 3.55. The molecule has 2 aromatic rings. The maximum Gasteiger partial charge on any atom is 0.288 e. The van der Waals surface area contributed by atoms with E-state index in [-0.39, 0.29) is 22.2 Å². The van der Waals surface area contributed by atoms with Gasteiger partial charge in [0.1, 0.15) is 5.02 Å². The van der Waals surface area contributed by atoms with Crippen molar-refractivity contribution in [1.82, 2.24) is 4.90 Å². The van der Waals surface area contributed by atoms with Crippen LogP contribution in [0.2, 0.25) is 10.0 Å². The van der Waals surface area contributed by atoms with E-state index in [1.165, 1.54) is 23.1 Å². The maximum atomic E-state index is 12.4. The number of hydrogen-bond acceptors (Lipinski definition) is 3. The lowest BCUT2D eigenvalue weighted by molar-refractivity contribution is -0.384. The number of hydrogen-bond donors (Lipinski definition) is 0. The van der Waals surface area contributed by atoms with Gasteiger partial charge >= 0.3 is 0 Å². The molecule has 0 saturated carbocycles. The van der Waals surface area contributed by atoms with E-state index in [2.05, 4.69) is 0 Å². The zero-order valence-electron chi connectivity index (χ0n) is 11.6. The van der Waals surface area contributed by atoms with Gasteiger partial charge in [-0.2, -0.15) is 0 Å². The Kier molecular flexibility index (Phi) is 5.00. The van der Waals surface area contributed by atoms with Gasteiger partial charge < -0.3 is 4.90 Å². The first-order chi connectivity index (χ1) is 10.4. The highest BCUT2D eigenvalue weighted by Crippen LogP contribution is 2.26. The normalized spacial score (nSPS) is 10.3. The van der Waals surface area contributed by atoms with Crippen molar-refractivity contribution in [1.29, 1.82) is 0 Å². The van der Waals surface area contributed by atoms with Crippen molar-refractivity contribution in [2.75, 3.05) is 7.05 Å². The molecule has 0 atom stereocenters. The smallest absolute Gasteiger partial charge is 0.288 e. The molecule has 0 aliphatic heterocycles. The van der Waals surface area contributed by atoms with E-state index >= 15 is 0 Å². The second-order valence-corrected chi connectivity index (χ2v) is 5.49. The zero-order chi connectivity index (χ0) is 16.3. The molecule has 0 aliphatic carbocycles. The van der Waals surface area contributed by atoms with Crippen LogP contribution in [0, 0.1) is 10.1 Å². The van der Waals surface area contributed by atoms with Crippen molar-refractivity contribution in [3.63, 3.8) is 0 Å². The zero-order valence-corrected chi connectivity index (χ0v) is 13.1. The van der Waals surface area contributed by atoms with Crippen molar-refractivity contribution in [2.24, 2.45) is 0 Å². The standard InChI is InChI=1S/C15H12Cl2N2O3/c1-18(9-11-4-2-3-5-12(11)16)15(20)10-6-7-13(17)14(8-10)19(21)22/h2-8H,9H2,1H3. The number of halogens is 2. The fourth-order valence-corrected chi connectivity index (χ4v) is 2.34. The molecule has 0 radical (unpaired) electrons. The monoisotopic (exact) mass is 338 g/mol. The number of nitro groups is 1. The van der Waals surface area contributed by atoms with E-state index < -0.39 is 4.92 Å². The lowest BCUT2D eigenvalue weighted by atomic mass is 10.1. The molecule has 2 rings (SSSR count). The Morgan fingerprint density at radius 3 is 2.50 bits per heavy atom. The summed E-state index contributed by atoms with van der Waals surface area (Å²) in [5.74, 6) is -0.348. The van der Waals surface area contributed by atoms with E-state index in [4.69, 9.17) is 23.2 Å². The Hall–Kier alpha value is -2.11. The number of nitro benzene ring substituents is 1. The number of nitrogens with zero attached hydrogens (tertiary/aromatic N) is 2. The first-order valence-corrected chi connectivity index (χ1v) is 7.08. The first kappa shape index (κ1) is 16.3. The highest BCUT2D eigenvalue weighted by atomic mass is 35.5. The van der Waals surface area contributed by atoms with Crippen LogP contribution in [0.4, 0.5) is 5.69 Å². The van der Waals surface area contributed by atoms with Gasteiger partial charge in [0.05, 0.1) is 4.92 Å². The number of rotatable bonds is 4. The van der Waals surface area contributed by atoms with Crippen LogP contribution in [0.1, 0.15) is 15.9 Å². The minimum Gasteiger partial charge on any atom is -0.337 e. The molecule has 7 heteroatoms. The summed E-state index contributed by atoms with van der Waals surface area (Å²) >= 11 is 11.8. The summed E-state index contributed by atoms with van der Waals surface area (Å²) in [6.45, 7) is 0.301. The first-order valence-electron chi connectivity index (χ1n) is 6.33. The van der Waals surface area contributed by atoms with Crippen LogP contribution in [-0.4, -0.2) is 22.8 Å². The SMILES string of the molecule is CN(Cc1ccccc1Cl)C(=O)c1ccc(Cl)c([N+](=O)[O-])c1. The molecule has 0 saturated heterocycles. The summed E-state index contributed by atoms with van der Waals surface area (Å²) in [4.78, 5) is 24.1. The number of carbonyl (C=O) groups is 1. The molecule has 0 spiro atoms. The van der Waals surface area contributed by atoms with Crippen LogP contribution in [0.25, 0.3) is 0 Å². The summed E-state index contributed by atoms with van der Waals surface area (Å²) in [6.07, 6.45) is 0. The third-order valence-corrected chi connectivity index (χ3v) is 3.79. The Labute approximate surface area is 137 Å². The maximum absolute atomic E-state index is 12.4. The van der Waals surface area contributed by atoms with Crippen LogP contribution in [-0.2, 0) is 6.54 Å². The molecule has 1 amide bonds. The Morgan fingerprint density at radius 1 is 1.18 bits per heavy atom. The van der Waals surface area contributed by atoms with Crippen LogP contribution in [0.5, 0.6) is 0 Å². The largest absolute Gasteiger partial charge is 0.337 e. The van der Waals surface area contributed by atoms with E-state index in [1.54, 1.807) is 19.2 Å². The Balaban J connectivity index is 2.23. The summed E-state index contributed by atoms with van der Waals surface area (Å²) in [7, 11) is 1.60. The molecule has 0 aromatic heterocycles. The molecule has 0 aliphatic rings. The topological polar surface area (TPSA) is 63.5 Å². The minimum absolute atomic E-state index is 0.00435. The minimum atomic E-state index is -0.618. The predicted octanol–water partition coefficient (Wildman–Crippen LogP) is 4.17. The highest BCUT2D eigenvalue weighted by molar-refractivity contribution is 6.32. The van der Waals surface area contributed by atoms with Gasteiger partial charge in [0.15, 0.2) is 0 Å². The molecule has 22 heavy (non-hydrogen) atoms. The second kappa shape index (κ2) is 6.77. The van der Waals surface area contributed by atoms with Crippen LogP contribution >= 0.6 is 23.2 Å².